The highest BCUT2D eigenvalue weighted by Crippen LogP contribution is 2.36. The van der Waals surface area contributed by atoms with Crippen LogP contribution in [0, 0.1) is 0 Å². The number of rotatable bonds is 12. The molecule has 0 saturated carbocycles. The van der Waals surface area contributed by atoms with Gasteiger partial charge >= 0.3 is 6.09 Å². The van der Waals surface area contributed by atoms with E-state index in [9.17, 15) is 9.90 Å². The Labute approximate surface area is 268 Å². The molecular weight excluding hydrogens is 588 g/mol. The van der Waals surface area contributed by atoms with Gasteiger partial charge in [0.2, 0.25) is 0 Å². The second-order valence-corrected chi connectivity index (χ2v) is 11.8. The van der Waals surface area contributed by atoms with E-state index in [1.807, 2.05) is 66.2 Å². The van der Waals surface area contributed by atoms with Crippen molar-refractivity contribution in [2.24, 2.45) is 0 Å². The van der Waals surface area contributed by atoms with Crippen molar-refractivity contribution in [3.8, 4) is 17.1 Å². The van der Waals surface area contributed by atoms with Crippen LogP contribution < -0.4 is 15.0 Å². The molecule has 2 fully saturated rings. The summed E-state index contributed by atoms with van der Waals surface area (Å²) >= 11 is 0. The minimum Gasteiger partial charge on any atom is -0.491 e. The normalized spacial score (nSPS) is 18.9. The topological polar surface area (TPSA) is 133 Å². The molecule has 2 aromatic heterocycles. The zero-order chi connectivity index (χ0) is 31.9. The lowest BCUT2D eigenvalue weighted by molar-refractivity contribution is -0.0365. The van der Waals surface area contributed by atoms with Crippen molar-refractivity contribution in [1.29, 1.82) is 0 Å². The fourth-order valence-electron chi connectivity index (χ4n) is 5.93. The average Bonchev–Trinajstić information content (AvgIpc) is 3.73. The Morgan fingerprint density at radius 2 is 2.00 bits per heavy atom. The fraction of sp³-hybridized carbons (Fsp3) is 0.471. The van der Waals surface area contributed by atoms with Crippen molar-refractivity contribution in [2.75, 3.05) is 38.3 Å². The van der Waals surface area contributed by atoms with E-state index in [1.54, 1.807) is 7.11 Å². The van der Waals surface area contributed by atoms with Gasteiger partial charge in [0.1, 0.15) is 30.5 Å². The first-order chi connectivity index (χ1) is 22.5. The van der Waals surface area contributed by atoms with Crippen molar-refractivity contribution < 1.29 is 28.8 Å². The van der Waals surface area contributed by atoms with Gasteiger partial charge in [-0.15, -0.1) is 0 Å². The van der Waals surface area contributed by atoms with Crippen LogP contribution in [0.4, 0.5) is 10.6 Å². The maximum Gasteiger partial charge on any atom is 0.407 e. The Balaban J connectivity index is 1.20. The van der Waals surface area contributed by atoms with Crippen LogP contribution in [0.3, 0.4) is 0 Å². The third-order valence-corrected chi connectivity index (χ3v) is 8.42. The lowest BCUT2D eigenvalue weighted by Crippen LogP contribution is -2.28. The number of aliphatic hydroxyl groups is 1. The molecule has 2 saturated heterocycles. The number of aliphatic hydroxyl groups excluding tert-OH is 1. The van der Waals surface area contributed by atoms with Gasteiger partial charge in [0.25, 0.3) is 0 Å². The predicted octanol–water partition coefficient (Wildman–Crippen LogP) is 4.99. The SMILES string of the molecule is CO[C@@H]1CCN(c2cc(-c3nn(C4CCCCO4)c4ccc(O[C@H](C)CCNC(=O)OCc5ccccc5)cc34)nc(CO)n2)C1. The zero-order valence-electron chi connectivity index (χ0n) is 26.4. The number of amides is 1. The number of hydrogen-bond acceptors (Lipinski definition) is 10. The average molecular weight is 631 g/mol. The number of carbonyl (C=O) groups excluding carboxylic acids is 1. The Morgan fingerprint density at radius 3 is 2.76 bits per heavy atom. The first-order valence-electron chi connectivity index (χ1n) is 16.0. The number of methoxy groups -OCH3 is 1. The Hall–Kier alpha value is -4.26. The van der Waals surface area contributed by atoms with E-state index in [-0.39, 0.29) is 31.6 Å². The van der Waals surface area contributed by atoms with Gasteiger partial charge in [-0.05, 0) is 56.4 Å². The zero-order valence-corrected chi connectivity index (χ0v) is 26.4. The molecule has 4 aromatic rings. The van der Waals surface area contributed by atoms with E-state index >= 15 is 0 Å². The molecule has 4 heterocycles. The number of ether oxygens (including phenoxy) is 4. The smallest absolute Gasteiger partial charge is 0.407 e. The van der Waals surface area contributed by atoms with Crippen molar-refractivity contribution >= 4 is 22.8 Å². The molecule has 2 aromatic carbocycles. The van der Waals surface area contributed by atoms with E-state index in [0.29, 0.717) is 42.5 Å². The maximum absolute atomic E-state index is 12.2. The molecule has 6 rings (SSSR count). The summed E-state index contributed by atoms with van der Waals surface area (Å²) in [5.74, 6) is 1.75. The van der Waals surface area contributed by atoms with Crippen LogP contribution in [-0.2, 0) is 27.4 Å². The second kappa shape index (κ2) is 14.9. The van der Waals surface area contributed by atoms with Crippen molar-refractivity contribution in [2.45, 2.75) is 70.7 Å². The van der Waals surface area contributed by atoms with E-state index in [2.05, 4.69) is 15.2 Å². The van der Waals surface area contributed by atoms with Gasteiger partial charge < -0.3 is 34.3 Å². The van der Waals surface area contributed by atoms with Crippen molar-refractivity contribution in [3.63, 3.8) is 0 Å². The molecule has 46 heavy (non-hydrogen) atoms. The van der Waals surface area contributed by atoms with Crippen LogP contribution in [0.15, 0.2) is 54.6 Å². The number of nitrogens with one attached hydrogen (secondary N) is 1. The molecule has 12 nitrogen and oxygen atoms in total. The molecule has 3 atom stereocenters. The third-order valence-electron chi connectivity index (χ3n) is 8.42. The van der Waals surface area contributed by atoms with Gasteiger partial charge in [0.05, 0.1) is 23.4 Å². The van der Waals surface area contributed by atoms with Gasteiger partial charge in [0.15, 0.2) is 12.1 Å². The van der Waals surface area contributed by atoms with E-state index in [4.69, 9.17) is 29.0 Å². The summed E-state index contributed by atoms with van der Waals surface area (Å²) in [4.78, 5) is 23.6. The minimum atomic E-state index is -0.461. The summed E-state index contributed by atoms with van der Waals surface area (Å²) in [5.41, 5.74) is 3.14. The minimum absolute atomic E-state index is 0.135. The Morgan fingerprint density at radius 1 is 1.13 bits per heavy atom. The quantitative estimate of drug-likeness (QED) is 0.221. The van der Waals surface area contributed by atoms with Crippen molar-refractivity contribution in [3.05, 3.63) is 66.0 Å². The second-order valence-electron chi connectivity index (χ2n) is 11.8. The van der Waals surface area contributed by atoms with Crippen LogP contribution in [-0.4, -0.2) is 76.5 Å². The number of anilines is 1. The van der Waals surface area contributed by atoms with Gasteiger partial charge in [0, 0.05) is 51.2 Å². The highest BCUT2D eigenvalue weighted by Gasteiger charge is 2.27. The van der Waals surface area contributed by atoms with Crippen LogP contribution in [0.1, 0.15) is 56.6 Å². The van der Waals surface area contributed by atoms with E-state index in [0.717, 1.165) is 61.1 Å². The summed E-state index contributed by atoms with van der Waals surface area (Å²) < 4.78 is 25.2. The maximum atomic E-state index is 12.2. The Kier molecular flexibility index (Phi) is 10.3. The largest absolute Gasteiger partial charge is 0.491 e. The number of hydrogen-bond donors (Lipinski definition) is 2. The molecule has 2 N–H and O–H groups in total. The molecule has 2 aliphatic heterocycles. The van der Waals surface area contributed by atoms with E-state index in [1.165, 1.54) is 0 Å². The molecule has 2 aliphatic rings. The first kappa shape index (κ1) is 31.7. The highest BCUT2D eigenvalue weighted by atomic mass is 16.5. The lowest BCUT2D eigenvalue weighted by Gasteiger charge is -2.23. The molecule has 0 aliphatic carbocycles. The Bertz CT molecular complexity index is 1610. The van der Waals surface area contributed by atoms with Gasteiger partial charge in [-0.2, -0.15) is 5.10 Å². The number of benzene rings is 2. The van der Waals surface area contributed by atoms with Crippen LogP contribution in [0.25, 0.3) is 22.3 Å². The predicted molar refractivity (Wildman–Crippen MR) is 172 cm³/mol. The molecule has 244 valence electrons. The van der Waals surface area contributed by atoms with E-state index < -0.39 is 6.09 Å². The summed E-state index contributed by atoms with van der Waals surface area (Å²) in [6.45, 7) is 4.53. The molecule has 0 radical (unpaired) electrons. The number of nitrogens with zero attached hydrogens (tertiary/aromatic N) is 5. The summed E-state index contributed by atoms with van der Waals surface area (Å²) in [6.07, 6.45) is 3.79. The number of fused-ring (bicyclic) bond motifs is 1. The highest BCUT2D eigenvalue weighted by molar-refractivity contribution is 5.94. The fourth-order valence-corrected chi connectivity index (χ4v) is 5.93. The number of alkyl carbamates (subject to hydrolysis) is 1. The standard InChI is InChI=1S/C34H42N6O6/c1-23(13-15-35-34(42)45-22-24-8-4-3-5-9-24)46-25-11-12-29-27(18-25)33(38-40(29)32-10-6-7-17-44-32)28-19-31(37-30(21-41)36-28)39-16-14-26(20-39)43-2/h3-5,8-9,11-12,18-19,23,26,32,41H,6-7,10,13-17,20-22H2,1-2H3,(H,35,42)/t23-,26-,32?/m1/s1. The summed E-state index contributed by atoms with van der Waals surface area (Å²) in [5, 5.41) is 18.8. The summed E-state index contributed by atoms with van der Waals surface area (Å²) in [6, 6.07) is 17.4. The summed E-state index contributed by atoms with van der Waals surface area (Å²) in [7, 11) is 1.73. The van der Waals surface area contributed by atoms with Crippen LogP contribution in [0.2, 0.25) is 0 Å². The van der Waals surface area contributed by atoms with Gasteiger partial charge in [-0.3, -0.25) is 0 Å². The third kappa shape index (κ3) is 7.57. The van der Waals surface area contributed by atoms with Gasteiger partial charge in [-0.1, -0.05) is 30.3 Å². The number of aromatic nitrogens is 4. The lowest BCUT2D eigenvalue weighted by atomic mass is 10.1. The van der Waals surface area contributed by atoms with Crippen molar-refractivity contribution in [1.82, 2.24) is 25.1 Å². The molecule has 1 unspecified atom stereocenters. The molecule has 1 amide bonds. The first-order valence-corrected chi connectivity index (χ1v) is 16.0. The van der Waals surface area contributed by atoms with Gasteiger partial charge in [-0.25, -0.2) is 19.4 Å². The molecular formula is C34H42N6O6. The molecule has 0 spiro atoms. The van der Waals surface area contributed by atoms with Crippen LogP contribution >= 0.6 is 0 Å². The molecule has 12 heteroatoms. The van der Waals surface area contributed by atoms with Crippen LogP contribution in [0.5, 0.6) is 5.75 Å². The molecule has 0 bridgehead atoms. The monoisotopic (exact) mass is 630 g/mol. The number of carbonyl (C=O) groups is 1.